The molecule has 1 saturated heterocycles. The maximum Gasteiger partial charge on any atom is 0.245 e. The predicted molar refractivity (Wildman–Crippen MR) is 61.8 cm³/mol. The number of amides is 2. The van der Waals surface area contributed by atoms with Crippen LogP contribution < -0.4 is 5.32 Å². The molecule has 0 unspecified atom stereocenters. The van der Waals surface area contributed by atoms with Crippen LogP contribution in [0.1, 0.15) is 27.7 Å². The van der Waals surface area contributed by atoms with Gasteiger partial charge in [0.15, 0.2) is 0 Å². The van der Waals surface area contributed by atoms with Gasteiger partial charge < -0.3 is 10.2 Å². The Labute approximate surface area is 98.5 Å². The van der Waals surface area contributed by atoms with E-state index in [4.69, 9.17) is 0 Å². The van der Waals surface area contributed by atoms with E-state index in [1.54, 1.807) is 32.6 Å². The quantitative estimate of drug-likeness (QED) is 0.724. The number of carbonyl (C=O) groups excluding carboxylic acids is 2. The molecule has 0 radical (unpaired) electrons. The molecule has 1 fully saturated rings. The molecule has 1 heterocycles. The summed E-state index contributed by atoms with van der Waals surface area (Å²) in [7, 11) is 0. The molecule has 86 valence electrons. The van der Waals surface area contributed by atoms with Gasteiger partial charge in [-0.2, -0.15) is 0 Å². The summed E-state index contributed by atoms with van der Waals surface area (Å²) < 4.78 is -0.623. The Hall–Kier alpha value is -0.580. The molecule has 2 amide bonds. The van der Waals surface area contributed by atoms with Crippen LogP contribution in [-0.4, -0.2) is 39.7 Å². The number of hydrogen-bond donors (Lipinski definition) is 1. The third-order valence-electron chi connectivity index (χ3n) is 2.61. The number of rotatable bonds is 1. The van der Waals surface area contributed by atoms with E-state index in [0.29, 0.717) is 13.1 Å². The maximum absolute atomic E-state index is 12.1. The minimum absolute atomic E-state index is 0.0534. The van der Waals surface area contributed by atoms with Crippen LogP contribution in [0.5, 0.6) is 0 Å². The SMILES string of the molecule is CC(C)(Br)C(=O)N1CCNC(=O)C1(C)C. The summed E-state index contributed by atoms with van der Waals surface area (Å²) in [5.74, 6) is -0.152. The van der Waals surface area contributed by atoms with Crippen molar-refractivity contribution in [1.29, 1.82) is 0 Å². The number of alkyl halides is 1. The lowest BCUT2D eigenvalue weighted by atomic mass is 9.97. The van der Waals surface area contributed by atoms with Crippen molar-refractivity contribution in [1.82, 2.24) is 10.2 Å². The Balaban J connectivity index is 2.95. The van der Waals surface area contributed by atoms with E-state index in [1.165, 1.54) is 0 Å². The zero-order valence-electron chi connectivity index (χ0n) is 9.56. The summed E-state index contributed by atoms with van der Waals surface area (Å²) >= 11 is 3.33. The Morgan fingerprint density at radius 1 is 1.53 bits per heavy atom. The first-order chi connectivity index (χ1) is 6.67. The van der Waals surface area contributed by atoms with Gasteiger partial charge in [-0.3, -0.25) is 9.59 Å². The number of nitrogens with one attached hydrogen (secondary N) is 1. The van der Waals surface area contributed by atoms with E-state index in [1.807, 2.05) is 0 Å². The van der Waals surface area contributed by atoms with Crippen molar-refractivity contribution < 1.29 is 9.59 Å². The summed E-state index contributed by atoms with van der Waals surface area (Å²) in [5.41, 5.74) is -0.764. The molecule has 0 spiro atoms. The van der Waals surface area contributed by atoms with Crippen molar-refractivity contribution in [3.63, 3.8) is 0 Å². The molecule has 5 heteroatoms. The number of hydrogen-bond acceptors (Lipinski definition) is 2. The third-order valence-corrected chi connectivity index (χ3v) is 2.94. The predicted octanol–water partition coefficient (Wildman–Crippen LogP) is 0.897. The average molecular weight is 277 g/mol. The molecule has 1 aliphatic rings. The molecule has 0 aromatic rings. The minimum atomic E-state index is -0.764. The summed E-state index contributed by atoms with van der Waals surface area (Å²) in [5, 5.41) is 2.76. The van der Waals surface area contributed by atoms with Gasteiger partial charge in [0.05, 0.1) is 4.32 Å². The number of halogens is 1. The highest BCUT2D eigenvalue weighted by Gasteiger charge is 2.43. The van der Waals surface area contributed by atoms with Crippen molar-refractivity contribution in [2.45, 2.75) is 37.6 Å². The van der Waals surface area contributed by atoms with Crippen LogP contribution >= 0.6 is 15.9 Å². The Kier molecular flexibility index (Phi) is 3.14. The largest absolute Gasteiger partial charge is 0.352 e. The lowest BCUT2D eigenvalue weighted by Gasteiger charge is -2.43. The van der Waals surface area contributed by atoms with Gasteiger partial charge in [0.2, 0.25) is 11.8 Å². The molecular weight excluding hydrogens is 260 g/mol. The first kappa shape index (κ1) is 12.5. The molecule has 0 aliphatic carbocycles. The molecule has 4 nitrogen and oxygen atoms in total. The molecular formula is C10H17BrN2O2. The second-order valence-electron chi connectivity index (χ2n) is 4.74. The standard InChI is InChI=1S/C10H17BrN2O2/c1-9(2,11)8(15)13-6-5-12-7(14)10(13,3)4/h5-6H2,1-4H3,(H,12,14). The molecule has 0 aromatic carbocycles. The van der Waals surface area contributed by atoms with Crippen LogP contribution in [-0.2, 0) is 9.59 Å². The Morgan fingerprint density at radius 2 is 2.07 bits per heavy atom. The van der Waals surface area contributed by atoms with Crippen molar-refractivity contribution in [3.05, 3.63) is 0 Å². The highest BCUT2D eigenvalue weighted by Crippen LogP contribution is 2.26. The summed E-state index contributed by atoms with van der Waals surface area (Å²) in [4.78, 5) is 25.3. The highest BCUT2D eigenvalue weighted by atomic mass is 79.9. The van der Waals surface area contributed by atoms with E-state index in [2.05, 4.69) is 21.2 Å². The van der Waals surface area contributed by atoms with Gasteiger partial charge in [-0.25, -0.2) is 0 Å². The zero-order chi connectivity index (χ0) is 11.9. The topological polar surface area (TPSA) is 49.4 Å². The minimum Gasteiger partial charge on any atom is -0.352 e. The normalized spacial score (nSPS) is 21.1. The fourth-order valence-corrected chi connectivity index (χ4v) is 1.79. The van der Waals surface area contributed by atoms with E-state index >= 15 is 0 Å². The van der Waals surface area contributed by atoms with E-state index in [-0.39, 0.29) is 11.8 Å². The van der Waals surface area contributed by atoms with Crippen LogP contribution in [0, 0.1) is 0 Å². The molecule has 0 bridgehead atoms. The summed E-state index contributed by atoms with van der Waals surface area (Å²) in [6.07, 6.45) is 0. The number of nitrogens with zero attached hydrogens (tertiary/aromatic N) is 1. The maximum atomic E-state index is 12.1. The van der Waals surface area contributed by atoms with Crippen molar-refractivity contribution in [2.75, 3.05) is 13.1 Å². The fraction of sp³-hybridized carbons (Fsp3) is 0.800. The lowest BCUT2D eigenvalue weighted by molar-refractivity contribution is -0.150. The number of carbonyl (C=O) groups is 2. The van der Waals surface area contributed by atoms with Crippen molar-refractivity contribution >= 4 is 27.7 Å². The second-order valence-corrected chi connectivity index (χ2v) is 6.73. The van der Waals surface area contributed by atoms with Crippen molar-refractivity contribution in [3.8, 4) is 0 Å². The molecule has 1 aliphatic heterocycles. The Bertz CT molecular complexity index is 294. The van der Waals surface area contributed by atoms with Crippen LogP contribution in [0.15, 0.2) is 0 Å². The summed E-state index contributed by atoms with van der Waals surface area (Å²) in [6.45, 7) is 8.19. The zero-order valence-corrected chi connectivity index (χ0v) is 11.1. The lowest BCUT2D eigenvalue weighted by Crippen LogP contribution is -2.65. The van der Waals surface area contributed by atoms with E-state index < -0.39 is 9.86 Å². The van der Waals surface area contributed by atoms with Crippen molar-refractivity contribution in [2.24, 2.45) is 0 Å². The molecule has 15 heavy (non-hydrogen) atoms. The first-order valence-electron chi connectivity index (χ1n) is 4.96. The van der Waals surface area contributed by atoms with Crippen LogP contribution in [0.3, 0.4) is 0 Å². The highest BCUT2D eigenvalue weighted by molar-refractivity contribution is 9.10. The van der Waals surface area contributed by atoms with Gasteiger partial charge in [-0.05, 0) is 27.7 Å². The van der Waals surface area contributed by atoms with Crippen LogP contribution in [0.2, 0.25) is 0 Å². The smallest absolute Gasteiger partial charge is 0.245 e. The monoisotopic (exact) mass is 276 g/mol. The third kappa shape index (κ3) is 2.33. The average Bonchev–Trinajstić information content (AvgIpc) is 2.07. The molecule has 1 rings (SSSR count). The van der Waals surface area contributed by atoms with Gasteiger partial charge in [0.25, 0.3) is 0 Å². The van der Waals surface area contributed by atoms with Gasteiger partial charge >= 0.3 is 0 Å². The van der Waals surface area contributed by atoms with Gasteiger partial charge in [0, 0.05) is 13.1 Å². The van der Waals surface area contributed by atoms with E-state index in [0.717, 1.165) is 0 Å². The molecule has 0 saturated carbocycles. The molecule has 1 N–H and O–H groups in total. The number of piperazine rings is 1. The van der Waals surface area contributed by atoms with Crippen LogP contribution in [0.25, 0.3) is 0 Å². The Morgan fingerprint density at radius 3 is 2.53 bits per heavy atom. The van der Waals surface area contributed by atoms with Gasteiger partial charge in [-0.15, -0.1) is 0 Å². The van der Waals surface area contributed by atoms with Gasteiger partial charge in [-0.1, -0.05) is 15.9 Å². The second kappa shape index (κ2) is 3.77. The molecule has 0 atom stereocenters. The van der Waals surface area contributed by atoms with Crippen LogP contribution in [0.4, 0.5) is 0 Å². The molecule has 0 aromatic heterocycles. The fourth-order valence-electron chi connectivity index (χ4n) is 1.58. The van der Waals surface area contributed by atoms with E-state index in [9.17, 15) is 9.59 Å². The first-order valence-corrected chi connectivity index (χ1v) is 5.76. The van der Waals surface area contributed by atoms with Gasteiger partial charge in [0.1, 0.15) is 5.54 Å². The summed E-state index contributed by atoms with van der Waals surface area (Å²) in [6, 6.07) is 0.